The lowest BCUT2D eigenvalue weighted by molar-refractivity contribution is 0.0792. The molecule has 1 saturated heterocycles. The van der Waals surface area contributed by atoms with Crippen molar-refractivity contribution in [1.29, 1.82) is 0 Å². The minimum Gasteiger partial charge on any atom is -0.393 e. The van der Waals surface area contributed by atoms with Crippen LogP contribution in [0.1, 0.15) is 36.5 Å². The number of benzene rings is 2. The predicted molar refractivity (Wildman–Crippen MR) is 135 cm³/mol. The van der Waals surface area contributed by atoms with E-state index in [0.717, 1.165) is 55.6 Å². The molecule has 0 bridgehead atoms. The summed E-state index contributed by atoms with van der Waals surface area (Å²) in [5, 5.41) is 17.0. The molecule has 30 heavy (non-hydrogen) atoms. The molecular formula is C23H32ClIN4O. The molecule has 2 aromatic carbocycles. The number of guanidine groups is 1. The Morgan fingerprint density at radius 1 is 1.07 bits per heavy atom. The molecule has 0 radical (unpaired) electrons. The molecule has 0 amide bonds. The van der Waals surface area contributed by atoms with Gasteiger partial charge >= 0.3 is 0 Å². The van der Waals surface area contributed by atoms with Gasteiger partial charge in [0.2, 0.25) is 0 Å². The Morgan fingerprint density at radius 3 is 2.40 bits per heavy atom. The second-order valence-electron chi connectivity index (χ2n) is 7.46. The number of nitrogens with one attached hydrogen (secondary N) is 2. The first-order valence-electron chi connectivity index (χ1n) is 10.4. The topological polar surface area (TPSA) is 59.9 Å². The number of aliphatic hydroxyl groups is 1. The molecule has 0 saturated carbocycles. The Balaban J connectivity index is 0.00000320. The predicted octanol–water partition coefficient (Wildman–Crippen LogP) is 4.17. The lowest BCUT2D eigenvalue weighted by atomic mass is 10.1. The summed E-state index contributed by atoms with van der Waals surface area (Å²) in [7, 11) is 0. The van der Waals surface area contributed by atoms with E-state index in [0.29, 0.717) is 13.1 Å². The maximum absolute atomic E-state index is 9.63. The van der Waals surface area contributed by atoms with Crippen LogP contribution in [0.4, 0.5) is 0 Å². The highest BCUT2D eigenvalue weighted by Gasteiger charge is 2.16. The van der Waals surface area contributed by atoms with E-state index in [1.165, 1.54) is 11.1 Å². The minimum atomic E-state index is -0.121. The van der Waals surface area contributed by atoms with E-state index in [1.54, 1.807) is 0 Å². The molecule has 2 aromatic rings. The number of aliphatic hydroxyl groups excluding tert-OH is 1. The highest BCUT2D eigenvalue weighted by Crippen LogP contribution is 2.15. The maximum atomic E-state index is 9.63. The van der Waals surface area contributed by atoms with E-state index in [-0.39, 0.29) is 30.1 Å². The lowest BCUT2D eigenvalue weighted by Crippen LogP contribution is -2.36. The van der Waals surface area contributed by atoms with Gasteiger partial charge in [0.15, 0.2) is 5.96 Å². The molecule has 5 nitrogen and oxygen atoms in total. The molecule has 0 spiro atoms. The molecule has 3 rings (SSSR count). The average molecular weight is 543 g/mol. The van der Waals surface area contributed by atoms with Crippen molar-refractivity contribution in [3.63, 3.8) is 0 Å². The monoisotopic (exact) mass is 542 g/mol. The first-order chi connectivity index (χ1) is 14.1. The van der Waals surface area contributed by atoms with Gasteiger partial charge in [-0.05, 0) is 42.5 Å². The first kappa shape index (κ1) is 24.9. The molecular weight excluding hydrogens is 511 g/mol. The van der Waals surface area contributed by atoms with Crippen LogP contribution in [0.2, 0.25) is 5.02 Å². The molecule has 1 fully saturated rings. The number of hydrogen-bond acceptors (Lipinski definition) is 3. The minimum absolute atomic E-state index is 0. The van der Waals surface area contributed by atoms with E-state index >= 15 is 0 Å². The number of piperidine rings is 1. The van der Waals surface area contributed by atoms with Crippen molar-refractivity contribution in [3.05, 3.63) is 70.2 Å². The van der Waals surface area contributed by atoms with Crippen LogP contribution >= 0.6 is 35.6 Å². The Morgan fingerprint density at radius 2 is 1.73 bits per heavy atom. The highest BCUT2D eigenvalue weighted by atomic mass is 127. The summed E-state index contributed by atoms with van der Waals surface area (Å²) in [6.07, 6.45) is 1.63. The van der Waals surface area contributed by atoms with Crippen molar-refractivity contribution in [2.24, 2.45) is 4.99 Å². The van der Waals surface area contributed by atoms with Gasteiger partial charge in [0.05, 0.1) is 12.6 Å². The third-order valence-corrected chi connectivity index (χ3v) is 5.52. The van der Waals surface area contributed by atoms with Gasteiger partial charge in [0, 0.05) is 37.7 Å². The Bertz CT molecular complexity index is 792. The molecule has 1 aliphatic rings. The summed E-state index contributed by atoms with van der Waals surface area (Å²) < 4.78 is 0. The number of halogens is 2. The quantitative estimate of drug-likeness (QED) is 0.279. The van der Waals surface area contributed by atoms with Gasteiger partial charge in [0.25, 0.3) is 0 Å². The second kappa shape index (κ2) is 13.1. The fourth-order valence-corrected chi connectivity index (χ4v) is 3.62. The largest absolute Gasteiger partial charge is 0.393 e. The molecule has 3 N–H and O–H groups in total. The molecule has 0 aromatic heterocycles. The molecule has 0 unspecified atom stereocenters. The number of hydrogen-bond donors (Lipinski definition) is 3. The van der Waals surface area contributed by atoms with Crippen LogP contribution in [0.25, 0.3) is 0 Å². The van der Waals surface area contributed by atoms with Crippen LogP contribution in [0, 0.1) is 0 Å². The zero-order chi connectivity index (χ0) is 20.5. The summed E-state index contributed by atoms with van der Waals surface area (Å²) in [6, 6.07) is 16.5. The lowest BCUT2D eigenvalue weighted by Gasteiger charge is -2.29. The van der Waals surface area contributed by atoms with Gasteiger partial charge < -0.3 is 15.7 Å². The molecule has 164 valence electrons. The van der Waals surface area contributed by atoms with Crippen LogP contribution in [-0.4, -0.2) is 41.7 Å². The third kappa shape index (κ3) is 8.06. The van der Waals surface area contributed by atoms with E-state index in [2.05, 4.69) is 46.7 Å². The van der Waals surface area contributed by atoms with Crippen LogP contribution in [0.3, 0.4) is 0 Å². The number of aliphatic imine (C=N–C) groups is 1. The number of rotatable bonds is 7. The van der Waals surface area contributed by atoms with Crippen molar-refractivity contribution in [2.75, 3.05) is 19.6 Å². The smallest absolute Gasteiger partial charge is 0.191 e. The Kier molecular flexibility index (Phi) is 10.9. The number of nitrogens with zero attached hydrogens (tertiary/aromatic N) is 2. The molecule has 1 aliphatic heterocycles. The van der Waals surface area contributed by atoms with Gasteiger partial charge in [0.1, 0.15) is 0 Å². The zero-order valence-corrected chi connectivity index (χ0v) is 20.6. The van der Waals surface area contributed by atoms with Gasteiger partial charge in [-0.3, -0.25) is 4.90 Å². The molecule has 7 heteroatoms. The normalized spacial score (nSPS) is 15.5. The number of likely N-dealkylation sites (tertiary alicyclic amines) is 1. The Labute approximate surface area is 201 Å². The second-order valence-corrected chi connectivity index (χ2v) is 7.87. The van der Waals surface area contributed by atoms with Crippen molar-refractivity contribution < 1.29 is 5.11 Å². The summed E-state index contributed by atoms with van der Waals surface area (Å²) in [5.74, 6) is 0.781. The molecule has 1 heterocycles. The highest BCUT2D eigenvalue weighted by molar-refractivity contribution is 14.0. The van der Waals surface area contributed by atoms with Gasteiger partial charge in [-0.1, -0.05) is 54.1 Å². The average Bonchev–Trinajstić information content (AvgIpc) is 2.74. The van der Waals surface area contributed by atoms with E-state index in [9.17, 15) is 5.11 Å². The van der Waals surface area contributed by atoms with Gasteiger partial charge in [-0.2, -0.15) is 0 Å². The van der Waals surface area contributed by atoms with Crippen molar-refractivity contribution >= 4 is 41.5 Å². The van der Waals surface area contributed by atoms with Crippen LogP contribution in [0.15, 0.2) is 53.5 Å². The maximum Gasteiger partial charge on any atom is 0.191 e. The summed E-state index contributed by atoms with van der Waals surface area (Å²) in [4.78, 5) is 7.10. The van der Waals surface area contributed by atoms with Crippen LogP contribution in [0.5, 0.6) is 0 Å². The SMILES string of the molecule is CCNC(=NCc1ccc(CN2CCC(O)CC2)cc1)NCc1ccccc1Cl.I. The zero-order valence-electron chi connectivity index (χ0n) is 17.5. The fraction of sp³-hybridized carbons (Fsp3) is 0.435. The Hall–Kier alpha value is -1.35. The van der Waals surface area contributed by atoms with E-state index in [4.69, 9.17) is 16.6 Å². The summed E-state index contributed by atoms with van der Waals surface area (Å²) >= 11 is 6.23. The standard InChI is InChI=1S/C23H31ClN4O.HI/c1-2-25-23(27-16-20-5-3-4-6-22(20)24)26-15-18-7-9-19(10-8-18)17-28-13-11-21(29)12-14-28;/h3-10,21,29H,2,11-17H2,1H3,(H2,25,26,27);1H. The van der Waals surface area contributed by atoms with Crippen LogP contribution in [-0.2, 0) is 19.6 Å². The molecule has 0 atom stereocenters. The first-order valence-corrected chi connectivity index (χ1v) is 10.8. The van der Waals surface area contributed by atoms with Crippen molar-refractivity contribution in [2.45, 2.75) is 45.5 Å². The van der Waals surface area contributed by atoms with E-state index < -0.39 is 0 Å². The van der Waals surface area contributed by atoms with Crippen molar-refractivity contribution in [3.8, 4) is 0 Å². The van der Waals surface area contributed by atoms with Gasteiger partial charge in [-0.15, -0.1) is 24.0 Å². The fourth-order valence-electron chi connectivity index (χ4n) is 3.42. The van der Waals surface area contributed by atoms with Crippen LogP contribution < -0.4 is 10.6 Å². The summed E-state index contributed by atoms with van der Waals surface area (Å²) in [5.41, 5.74) is 3.53. The van der Waals surface area contributed by atoms with Crippen molar-refractivity contribution in [1.82, 2.24) is 15.5 Å². The summed E-state index contributed by atoms with van der Waals surface area (Å²) in [6.45, 7) is 6.99. The molecule has 0 aliphatic carbocycles. The van der Waals surface area contributed by atoms with Gasteiger partial charge in [-0.25, -0.2) is 4.99 Å². The third-order valence-electron chi connectivity index (χ3n) is 5.15. The van der Waals surface area contributed by atoms with E-state index in [1.807, 2.05) is 24.3 Å².